The largest absolute Gasteiger partial charge is 0.360 e. The molecule has 3 aromatic rings. The van der Waals surface area contributed by atoms with Crippen LogP contribution in [-0.2, 0) is 0 Å². The summed E-state index contributed by atoms with van der Waals surface area (Å²) in [5, 5.41) is 0.611. The number of anilines is 2. The van der Waals surface area contributed by atoms with E-state index < -0.39 is 11.8 Å². The Balaban J connectivity index is 1.74. The maximum atomic E-state index is 15.8. The SMILES string of the molecule is O=C(N(F)c1c[nH]c2ccccc12)N(c1ccccc1)C1(F)CCCCC1. The van der Waals surface area contributed by atoms with Crippen LogP contribution in [0.2, 0.25) is 0 Å². The molecule has 2 amide bonds. The normalized spacial score (nSPS) is 16.2. The van der Waals surface area contributed by atoms with Crippen molar-refractivity contribution in [2.45, 2.75) is 37.9 Å². The minimum Gasteiger partial charge on any atom is -0.359 e. The number of hydrogen-bond acceptors (Lipinski definition) is 1. The van der Waals surface area contributed by atoms with Gasteiger partial charge in [0.25, 0.3) is 0 Å². The summed E-state index contributed by atoms with van der Waals surface area (Å²) < 4.78 is 31.0. The maximum absolute atomic E-state index is 15.8. The topological polar surface area (TPSA) is 39.3 Å². The Hall–Kier alpha value is -2.89. The van der Waals surface area contributed by atoms with Crippen molar-refractivity contribution < 1.29 is 13.7 Å². The third-order valence-electron chi connectivity index (χ3n) is 5.17. The van der Waals surface area contributed by atoms with Gasteiger partial charge in [0.15, 0.2) is 5.79 Å². The van der Waals surface area contributed by atoms with Crippen molar-refractivity contribution in [1.82, 2.24) is 4.98 Å². The van der Waals surface area contributed by atoms with Gasteiger partial charge in [0.1, 0.15) is 5.69 Å². The molecule has 1 heterocycles. The van der Waals surface area contributed by atoms with Gasteiger partial charge in [-0.05, 0) is 31.0 Å². The lowest BCUT2D eigenvalue weighted by Crippen LogP contribution is -2.53. The summed E-state index contributed by atoms with van der Waals surface area (Å²) >= 11 is 0. The summed E-state index contributed by atoms with van der Waals surface area (Å²) in [6.45, 7) is 0. The molecule has 1 N–H and O–H groups in total. The Kier molecular flexibility index (Phi) is 4.56. The quantitative estimate of drug-likeness (QED) is 0.439. The Morgan fingerprint density at radius 3 is 2.37 bits per heavy atom. The fourth-order valence-electron chi connectivity index (χ4n) is 3.82. The number of H-pyrrole nitrogens is 1. The van der Waals surface area contributed by atoms with E-state index in [1.54, 1.807) is 48.5 Å². The molecule has 140 valence electrons. The number of hydrogen-bond donors (Lipinski definition) is 1. The van der Waals surface area contributed by atoms with Crippen LogP contribution in [0.25, 0.3) is 10.9 Å². The van der Waals surface area contributed by atoms with Crippen molar-refractivity contribution in [3.63, 3.8) is 0 Å². The van der Waals surface area contributed by atoms with Gasteiger partial charge in [-0.3, -0.25) is 4.90 Å². The van der Waals surface area contributed by atoms with Crippen molar-refractivity contribution in [2.75, 3.05) is 10.0 Å². The molecule has 0 atom stereocenters. The first-order valence-corrected chi connectivity index (χ1v) is 9.20. The number of halogens is 2. The van der Waals surface area contributed by atoms with Gasteiger partial charge >= 0.3 is 6.03 Å². The van der Waals surface area contributed by atoms with E-state index in [1.807, 2.05) is 6.07 Å². The van der Waals surface area contributed by atoms with Gasteiger partial charge in [0, 0.05) is 35.6 Å². The van der Waals surface area contributed by atoms with E-state index in [2.05, 4.69) is 4.98 Å². The smallest absolute Gasteiger partial charge is 0.359 e. The standard InChI is InChI=1S/C21H21F2N3O/c22-21(13-7-2-8-14-21)25(16-9-3-1-4-10-16)20(27)26(23)19-15-24-18-12-6-5-11-17(18)19/h1,3-6,9-12,15,24H,2,7-8,13-14H2. The van der Waals surface area contributed by atoms with Crippen molar-refractivity contribution >= 4 is 28.3 Å². The predicted octanol–water partition coefficient (Wildman–Crippen LogP) is 6.12. The first-order valence-electron chi connectivity index (χ1n) is 9.20. The summed E-state index contributed by atoms with van der Waals surface area (Å²) in [5.41, 5.74) is 1.15. The lowest BCUT2D eigenvalue weighted by Gasteiger charge is -2.40. The highest BCUT2D eigenvalue weighted by Crippen LogP contribution is 2.40. The number of nitrogens with one attached hydrogen (secondary N) is 1. The number of aromatic amines is 1. The number of benzene rings is 2. The molecule has 0 saturated heterocycles. The predicted molar refractivity (Wildman–Crippen MR) is 103 cm³/mol. The number of fused-ring (bicyclic) bond motifs is 1. The van der Waals surface area contributed by atoms with Gasteiger partial charge < -0.3 is 4.98 Å². The third-order valence-corrected chi connectivity index (χ3v) is 5.17. The Labute approximate surface area is 156 Å². The van der Waals surface area contributed by atoms with Crippen molar-refractivity contribution in [3.8, 4) is 0 Å². The van der Waals surface area contributed by atoms with E-state index in [1.165, 1.54) is 6.20 Å². The Bertz CT molecular complexity index is 935. The highest BCUT2D eigenvalue weighted by molar-refractivity contribution is 6.07. The Morgan fingerprint density at radius 2 is 1.63 bits per heavy atom. The number of carbonyl (C=O) groups excluding carboxylic acids is 1. The number of urea groups is 1. The van der Waals surface area contributed by atoms with Crippen molar-refractivity contribution in [1.29, 1.82) is 0 Å². The van der Waals surface area contributed by atoms with Gasteiger partial charge in [0.05, 0.1) is 0 Å². The van der Waals surface area contributed by atoms with Crippen LogP contribution in [0.5, 0.6) is 0 Å². The summed E-state index contributed by atoms with van der Waals surface area (Å²) in [6, 6.07) is 14.6. The highest BCUT2D eigenvalue weighted by Gasteiger charge is 2.44. The van der Waals surface area contributed by atoms with Crippen LogP contribution in [-0.4, -0.2) is 16.8 Å². The zero-order valence-corrected chi connectivity index (χ0v) is 14.9. The zero-order chi connectivity index (χ0) is 18.9. The zero-order valence-electron chi connectivity index (χ0n) is 14.9. The second kappa shape index (κ2) is 7.02. The maximum Gasteiger partial charge on any atom is 0.360 e. The number of rotatable bonds is 3. The first-order chi connectivity index (χ1) is 13.1. The van der Waals surface area contributed by atoms with E-state index in [0.29, 0.717) is 29.4 Å². The summed E-state index contributed by atoms with van der Waals surface area (Å²) in [4.78, 5) is 17.0. The number of carbonyl (C=O) groups is 1. The van der Waals surface area contributed by atoms with Crippen LogP contribution in [0.15, 0.2) is 60.8 Å². The average molecular weight is 369 g/mol. The monoisotopic (exact) mass is 369 g/mol. The molecule has 1 aliphatic rings. The van der Waals surface area contributed by atoms with Crippen molar-refractivity contribution in [3.05, 3.63) is 60.8 Å². The summed E-state index contributed by atoms with van der Waals surface area (Å²) in [7, 11) is 0. The highest BCUT2D eigenvalue weighted by atomic mass is 19.2. The Morgan fingerprint density at radius 1 is 0.963 bits per heavy atom. The van der Waals surface area contributed by atoms with Crippen LogP contribution in [0, 0.1) is 0 Å². The average Bonchev–Trinajstić information content (AvgIpc) is 3.13. The molecule has 1 aliphatic carbocycles. The number of aromatic nitrogens is 1. The molecular formula is C21H21F2N3O. The molecule has 0 bridgehead atoms. The molecule has 4 rings (SSSR count). The van der Waals surface area contributed by atoms with E-state index in [4.69, 9.17) is 0 Å². The first kappa shape index (κ1) is 17.5. The second-order valence-corrected chi connectivity index (χ2v) is 6.93. The fraction of sp³-hybridized carbons (Fsp3) is 0.286. The lowest BCUT2D eigenvalue weighted by atomic mass is 9.91. The van der Waals surface area contributed by atoms with Gasteiger partial charge in [0.2, 0.25) is 0 Å². The van der Waals surface area contributed by atoms with Gasteiger partial charge in [-0.2, -0.15) is 0 Å². The number of para-hydroxylation sites is 2. The molecular weight excluding hydrogens is 348 g/mol. The fourth-order valence-corrected chi connectivity index (χ4v) is 3.82. The molecule has 4 nitrogen and oxygen atoms in total. The molecule has 0 unspecified atom stereocenters. The molecule has 6 heteroatoms. The van der Waals surface area contributed by atoms with Gasteiger partial charge in [-0.15, -0.1) is 5.12 Å². The minimum atomic E-state index is -1.90. The molecule has 0 aliphatic heterocycles. The van der Waals surface area contributed by atoms with Crippen LogP contribution < -0.4 is 10.0 Å². The van der Waals surface area contributed by atoms with Gasteiger partial charge in [-0.25, -0.2) is 9.18 Å². The third kappa shape index (κ3) is 3.16. The van der Waals surface area contributed by atoms with Crippen LogP contribution in [0.3, 0.4) is 0 Å². The molecule has 0 spiro atoms. The van der Waals surface area contributed by atoms with E-state index >= 15 is 8.87 Å². The number of nitrogens with zero attached hydrogens (tertiary/aromatic N) is 2. The van der Waals surface area contributed by atoms with Crippen molar-refractivity contribution in [2.24, 2.45) is 0 Å². The number of amides is 2. The summed E-state index contributed by atoms with van der Waals surface area (Å²) in [6.07, 6.45) is 4.10. The molecule has 0 radical (unpaired) electrons. The van der Waals surface area contributed by atoms with Crippen LogP contribution in [0.4, 0.5) is 25.0 Å². The molecule has 1 fully saturated rings. The molecule has 27 heavy (non-hydrogen) atoms. The van der Waals surface area contributed by atoms with Crippen LogP contribution >= 0.6 is 0 Å². The molecule has 1 saturated carbocycles. The summed E-state index contributed by atoms with van der Waals surface area (Å²) in [5.74, 6) is -1.90. The molecule has 1 aromatic heterocycles. The van der Waals surface area contributed by atoms with Gasteiger partial charge in [-0.1, -0.05) is 47.3 Å². The van der Waals surface area contributed by atoms with E-state index in [9.17, 15) is 4.79 Å². The van der Waals surface area contributed by atoms with E-state index in [-0.39, 0.29) is 23.7 Å². The minimum absolute atomic E-state index is 0.0434. The molecule has 2 aromatic carbocycles. The van der Waals surface area contributed by atoms with E-state index in [0.717, 1.165) is 11.3 Å². The number of alkyl halides is 1. The second-order valence-electron chi connectivity index (χ2n) is 6.93. The van der Waals surface area contributed by atoms with Crippen LogP contribution in [0.1, 0.15) is 32.1 Å². The lowest BCUT2D eigenvalue weighted by molar-refractivity contribution is 0.106.